The molecule has 0 radical (unpaired) electrons. The number of nitrogens with one attached hydrogen (secondary N) is 1. The largest absolute Gasteiger partial charge is 0.378 e. The van der Waals surface area contributed by atoms with Gasteiger partial charge in [0.1, 0.15) is 17.5 Å². The number of hydrogen-bond donors (Lipinski definition) is 1. The average Bonchev–Trinajstić information content (AvgIpc) is 3.27. The number of halogens is 1. The number of rotatable bonds is 5. The maximum atomic E-state index is 13.1. The second kappa shape index (κ2) is 9.56. The van der Waals surface area contributed by atoms with E-state index in [0.717, 1.165) is 34.1 Å². The van der Waals surface area contributed by atoms with Crippen LogP contribution in [-0.2, 0) is 9.53 Å². The summed E-state index contributed by atoms with van der Waals surface area (Å²) in [6, 6.07) is 19.5. The minimum Gasteiger partial charge on any atom is -0.378 e. The molecule has 1 amide bonds. The smallest absolute Gasteiger partial charge is 0.266 e. The molecule has 1 saturated heterocycles. The number of anilines is 2. The molecule has 156 valence electrons. The molecule has 7 heteroatoms. The molecule has 31 heavy (non-hydrogen) atoms. The number of carbonyl (C=O) groups is 1. The molecule has 4 rings (SSSR count). The van der Waals surface area contributed by atoms with E-state index >= 15 is 0 Å². The summed E-state index contributed by atoms with van der Waals surface area (Å²) >= 11 is 1.43. The highest BCUT2D eigenvalue weighted by Crippen LogP contribution is 2.29. The molecule has 2 heterocycles. The Labute approximate surface area is 184 Å². The lowest BCUT2D eigenvalue weighted by Crippen LogP contribution is -2.36. The van der Waals surface area contributed by atoms with Crippen molar-refractivity contribution in [3.8, 4) is 16.5 Å². The zero-order valence-electron chi connectivity index (χ0n) is 16.7. The summed E-state index contributed by atoms with van der Waals surface area (Å²) in [4.78, 5) is 16.5. The van der Waals surface area contributed by atoms with Crippen molar-refractivity contribution in [2.75, 3.05) is 36.5 Å². The minimum absolute atomic E-state index is 0.0183. The number of nitriles is 1. The average molecular weight is 434 g/mol. The molecular formula is C24H20FN3O2S. The summed E-state index contributed by atoms with van der Waals surface area (Å²) < 4.78 is 18.5. The van der Waals surface area contributed by atoms with Crippen LogP contribution in [0.2, 0.25) is 0 Å². The Hall–Kier alpha value is -3.47. The molecule has 1 aliphatic heterocycles. The van der Waals surface area contributed by atoms with Crippen LogP contribution in [0.5, 0.6) is 0 Å². The van der Waals surface area contributed by atoms with E-state index in [9.17, 15) is 14.4 Å². The van der Waals surface area contributed by atoms with Crippen LogP contribution in [0.4, 0.5) is 15.8 Å². The van der Waals surface area contributed by atoms with Gasteiger partial charge in [-0.3, -0.25) is 4.79 Å². The van der Waals surface area contributed by atoms with Gasteiger partial charge in [0.2, 0.25) is 0 Å². The highest BCUT2D eigenvalue weighted by atomic mass is 32.1. The molecule has 0 unspecified atom stereocenters. The Bertz CT molecular complexity index is 1120. The summed E-state index contributed by atoms with van der Waals surface area (Å²) in [7, 11) is 0. The quantitative estimate of drug-likeness (QED) is 0.457. The van der Waals surface area contributed by atoms with Crippen molar-refractivity contribution in [2.45, 2.75) is 0 Å². The molecule has 2 aromatic carbocycles. The van der Waals surface area contributed by atoms with E-state index in [4.69, 9.17) is 4.74 Å². The summed E-state index contributed by atoms with van der Waals surface area (Å²) in [5, 5.41) is 12.2. The zero-order chi connectivity index (χ0) is 21.6. The van der Waals surface area contributed by atoms with E-state index < -0.39 is 5.91 Å². The topological polar surface area (TPSA) is 65.4 Å². The first kappa shape index (κ1) is 20.8. The highest BCUT2D eigenvalue weighted by Gasteiger charge is 2.13. The minimum atomic E-state index is -0.460. The number of amides is 1. The summed E-state index contributed by atoms with van der Waals surface area (Å²) in [6.07, 6.45) is 1.56. The Morgan fingerprint density at radius 1 is 1.06 bits per heavy atom. The van der Waals surface area contributed by atoms with E-state index in [0.29, 0.717) is 18.9 Å². The van der Waals surface area contributed by atoms with Crippen LogP contribution >= 0.6 is 11.3 Å². The van der Waals surface area contributed by atoms with E-state index in [1.807, 2.05) is 42.5 Å². The standard InChI is InChI=1S/C24H20FN3O2S/c25-19-3-1-17(2-4-19)23-10-9-22(31-23)15-18(16-26)24(29)27-20-5-7-21(8-6-20)28-11-13-30-14-12-28/h1-10,15H,11-14H2,(H,27,29)/b18-15+. The van der Waals surface area contributed by atoms with Gasteiger partial charge in [-0.1, -0.05) is 12.1 Å². The van der Waals surface area contributed by atoms with Crippen LogP contribution in [0.25, 0.3) is 16.5 Å². The molecule has 1 aliphatic rings. The normalized spacial score (nSPS) is 14.2. The van der Waals surface area contributed by atoms with Gasteiger partial charge in [0.25, 0.3) is 5.91 Å². The van der Waals surface area contributed by atoms with E-state index in [2.05, 4.69) is 10.2 Å². The second-order valence-electron chi connectivity index (χ2n) is 6.98. The fraction of sp³-hybridized carbons (Fsp3) is 0.167. The number of thiophene rings is 1. The zero-order valence-corrected chi connectivity index (χ0v) is 17.5. The van der Waals surface area contributed by atoms with Crippen LogP contribution < -0.4 is 10.2 Å². The monoisotopic (exact) mass is 433 g/mol. The van der Waals surface area contributed by atoms with Crippen LogP contribution in [0.3, 0.4) is 0 Å². The molecule has 0 saturated carbocycles. The first-order chi connectivity index (χ1) is 15.1. The van der Waals surface area contributed by atoms with Crippen molar-refractivity contribution >= 4 is 34.7 Å². The third kappa shape index (κ3) is 5.18. The lowest BCUT2D eigenvalue weighted by atomic mass is 10.2. The van der Waals surface area contributed by atoms with Crippen molar-refractivity contribution in [1.29, 1.82) is 5.26 Å². The maximum Gasteiger partial charge on any atom is 0.266 e. The predicted octanol–water partition coefficient (Wildman–Crippen LogP) is 4.94. The first-order valence-corrected chi connectivity index (χ1v) is 10.7. The van der Waals surface area contributed by atoms with E-state index in [-0.39, 0.29) is 11.4 Å². The van der Waals surface area contributed by atoms with Crippen molar-refractivity contribution in [2.24, 2.45) is 0 Å². The van der Waals surface area contributed by atoms with Crippen LogP contribution in [-0.4, -0.2) is 32.2 Å². The molecule has 3 aromatic rings. The molecule has 0 atom stereocenters. The Morgan fingerprint density at radius 3 is 2.45 bits per heavy atom. The molecule has 0 bridgehead atoms. The van der Waals surface area contributed by atoms with Gasteiger partial charge >= 0.3 is 0 Å². The molecule has 1 N–H and O–H groups in total. The van der Waals surface area contributed by atoms with Gasteiger partial charge in [-0.2, -0.15) is 5.26 Å². The molecule has 0 aliphatic carbocycles. The molecule has 1 fully saturated rings. The Morgan fingerprint density at radius 2 is 1.77 bits per heavy atom. The third-order valence-corrected chi connectivity index (χ3v) is 5.99. The summed E-state index contributed by atoms with van der Waals surface area (Å²) in [5.41, 5.74) is 2.60. The second-order valence-corrected chi connectivity index (χ2v) is 8.09. The van der Waals surface area contributed by atoms with Crippen molar-refractivity contribution in [3.63, 3.8) is 0 Å². The van der Waals surface area contributed by atoms with Crippen LogP contribution in [0.1, 0.15) is 4.88 Å². The van der Waals surface area contributed by atoms with Gasteiger partial charge in [-0.05, 0) is 60.2 Å². The SMILES string of the molecule is N#C/C(=C\c1ccc(-c2ccc(F)cc2)s1)C(=O)Nc1ccc(N2CCOCC2)cc1. The van der Waals surface area contributed by atoms with E-state index in [1.54, 1.807) is 18.2 Å². The third-order valence-electron chi connectivity index (χ3n) is 4.91. The fourth-order valence-electron chi connectivity index (χ4n) is 3.27. The lowest BCUT2D eigenvalue weighted by Gasteiger charge is -2.28. The number of ether oxygens (including phenoxy) is 1. The van der Waals surface area contributed by atoms with Gasteiger partial charge in [0.05, 0.1) is 13.2 Å². The molecule has 5 nitrogen and oxygen atoms in total. The number of carbonyl (C=O) groups excluding carboxylic acids is 1. The van der Waals surface area contributed by atoms with Gasteiger partial charge in [0.15, 0.2) is 0 Å². The molecule has 0 spiro atoms. The van der Waals surface area contributed by atoms with Gasteiger partial charge < -0.3 is 15.0 Å². The molecule has 1 aromatic heterocycles. The van der Waals surface area contributed by atoms with Crippen LogP contribution in [0.15, 0.2) is 66.2 Å². The van der Waals surface area contributed by atoms with E-state index in [1.165, 1.54) is 23.5 Å². The summed E-state index contributed by atoms with van der Waals surface area (Å²) in [5.74, 6) is -0.750. The number of morpholine rings is 1. The number of hydrogen-bond acceptors (Lipinski definition) is 5. The number of benzene rings is 2. The van der Waals surface area contributed by atoms with Crippen molar-refractivity contribution < 1.29 is 13.9 Å². The number of nitrogens with zero attached hydrogens (tertiary/aromatic N) is 2. The van der Waals surface area contributed by atoms with Gasteiger partial charge in [-0.25, -0.2) is 4.39 Å². The van der Waals surface area contributed by atoms with Crippen LogP contribution in [0, 0.1) is 17.1 Å². The Kier molecular flexibility index (Phi) is 6.41. The Balaban J connectivity index is 1.44. The predicted molar refractivity (Wildman–Crippen MR) is 121 cm³/mol. The maximum absolute atomic E-state index is 13.1. The van der Waals surface area contributed by atoms with Gasteiger partial charge in [0, 0.05) is 34.2 Å². The lowest BCUT2D eigenvalue weighted by molar-refractivity contribution is -0.112. The first-order valence-electron chi connectivity index (χ1n) is 9.84. The van der Waals surface area contributed by atoms with Gasteiger partial charge in [-0.15, -0.1) is 11.3 Å². The highest BCUT2D eigenvalue weighted by molar-refractivity contribution is 7.16. The van der Waals surface area contributed by atoms with Crippen molar-refractivity contribution in [1.82, 2.24) is 0 Å². The molecular weight excluding hydrogens is 413 g/mol. The van der Waals surface area contributed by atoms with Crippen molar-refractivity contribution in [3.05, 3.63) is 76.9 Å². The summed E-state index contributed by atoms with van der Waals surface area (Å²) in [6.45, 7) is 3.10. The fourth-order valence-corrected chi connectivity index (χ4v) is 4.22.